The third-order valence-corrected chi connectivity index (χ3v) is 4.72. The molecule has 1 unspecified atom stereocenters. The van der Waals surface area contributed by atoms with Crippen molar-refractivity contribution in [2.45, 2.75) is 45.8 Å². The summed E-state index contributed by atoms with van der Waals surface area (Å²) in [6.45, 7) is 6.55. The average molecular weight is 290 g/mol. The molecule has 0 radical (unpaired) electrons. The Morgan fingerprint density at radius 1 is 1.29 bits per heavy atom. The van der Waals surface area contributed by atoms with Crippen LogP contribution in [0.15, 0.2) is 12.1 Å². The van der Waals surface area contributed by atoms with Gasteiger partial charge in [-0.2, -0.15) is 0 Å². The number of benzene rings is 1. The van der Waals surface area contributed by atoms with Crippen LogP contribution in [0.3, 0.4) is 0 Å². The Morgan fingerprint density at radius 3 is 3.05 bits per heavy atom. The fourth-order valence-corrected chi connectivity index (χ4v) is 3.48. The van der Waals surface area contributed by atoms with E-state index in [2.05, 4.69) is 17.9 Å². The summed E-state index contributed by atoms with van der Waals surface area (Å²) in [4.78, 5) is 2.55. The minimum atomic E-state index is 0.349. The molecule has 0 aromatic heterocycles. The molecule has 0 saturated carbocycles. The maximum atomic E-state index is 6.03. The van der Waals surface area contributed by atoms with E-state index >= 15 is 0 Å². The van der Waals surface area contributed by atoms with Gasteiger partial charge >= 0.3 is 0 Å². The Morgan fingerprint density at radius 2 is 2.19 bits per heavy atom. The highest BCUT2D eigenvalue weighted by Crippen LogP contribution is 2.32. The fraction of sp³-hybridized carbons (Fsp3) is 0.647. The summed E-state index contributed by atoms with van der Waals surface area (Å²) in [7, 11) is 0. The molecule has 1 atom stereocenters. The number of anilines is 1. The fourth-order valence-electron chi connectivity index (χ4n) is 3.48. The molecule has 2 N–H and O–H groups in total. The lowest BCUT2D eigenvalue weighted by Crippen LogP contribution is -2.25. The predicted octanol–water partition coefficient (Wildman–Crippen LogP) is 3.15. The summed E-state index contributed by atoms with van der Waals surface area (Å²) in [5.41, 5.74) is 9.13. The monoisotopic (exact) mass is 290 g/mol. The highest BCUT2D eigenvalue weighted by Gasteiger charge is 2.20. The number of hydrogen-bond acceptors (Lipinski definition) is 4. The molecule has 0 aliphatic carbocycles. The second-order valence-corrected chi connectivity index (χ2v) is 6.26. The molecule has 2 heterocycles. The van der Waals surface area contributed by atoms with Gasteiger partial charge in [0.05, 0.1) is 6.61 Å². The maximum Gasteiger partial charge on any atom is 0.189 e. The molecule has 4 heteroatoms. The number of nitrogens with two attached hydrogens (primary N) is 1. The SMILES string of the molecule is CCC1CCCN(Cc2cc(N)cc3c2OCOC3)CC1. The summed E-state index contributed by atoms with van der Waals surface area (Å²) in [6.07, 6.45) is 5.28. The van der Waals surface area contributed by atoms with E-state index in [-0.39, 0.29) is 0 Å². The zero-order chi connectivity index (χ0) is 14.7. The molecule has 2 aliphatic rings. The Hall–Kier alpha value is -1.26. The molecule has 21 heavy (non-hydrogen) atoms. The van der Waals surface area contributed by atoms with Gasteiger partial charge in [0.15, 0.2) is 6.79 Å². The molecular formula is C17H26N2O2. The Labute approximate surface area is 127 Å². The lowest BCUT2D eigenvalue weighted by molar-refractivity contribution is -0.0174. The van der Waals surface area contributed by atoms with Crippen molar-refractivity contribution < 1.29 is 9.47 Å². The Kier molecular flexibility index (Phi) is 4.66. The van der Waals surface area contributed by atoms with E-state index in [0.29, 0.717) is 13.4 Å². The van der Waals surface area contributed by atoms with Crippen LogP contribution in [-0.2, 0) is 17.9 Å². The smallest absolute Gasteiger partial charge is 0.189 e. The van der Waals surface area contributed by atoms with Gasteiger partial charge in [0.1, 0.15) is 5.75 Å². The van der Waals surface area contributed by atoms with E-state index in [0.717, 1.165) is 29.5 Å². The van der Waals surface area contributed by atoms with Gasteiger partial charge in [-0.25, -0.2) is 0 Å². The summed E-state index contributed by atoms with van der Waals surface area (Å²) in [6, 6.07) is 4.03. The quantitative estimate of drug-likeness (QED) is 0.869. The standard InChI is InChI=1S/C17H26N2O2/c1-2-13-4-3-6-19(7-5-13)10-14-8-16(18)9-15-11-20-12-21-17(14)15/h8-9,13H,2-7,10-12,18H2,1H3. The minimum Gasteiger partial charge on any atom is -0.467 e. The van der Waals surface area contributed by atoms with Crippen LogP contribution in [0.2, 0.25) is 0 Å². The average Bonchev–Trinajstić information content (AvgIpc) is 2.72. The first-order chi connectivity index (χ1) is 10.3. The second-order valence-electron chi connectivity index (χ2n) is 6.26. The molecule has 1 fully saturated rings. The van der Waals surface area contributed by atoms with Crippen molar-refractivity contribution in [2.24, 2.45) is 5.92 Å². The summed E-state index contributed by atoms with van der Waals surface area (Å²) < 4.78 is 11.1. The normalized spacial score (nSPS) is 23.2. The molecular weight excluding hydrogens is 264 g/mol. The minimum absolute atomic E-state index is 0.349. The van der Waals surface area contributed by atoms with Gasteiger partial charge in [-0.05, 0) is 50.4 Å². The van der Waals surface area contributed by atoms with Crippen LogP contribution >= 0.6 is 0 Å². The third-order valence-electron chi connectivity index (χ3n) is 4.72. The van der Waals surface area contributed by atoms with Gasteiger partial charge in [0.25, 0.3) is 0 Å². The van der Waals surface area contributed by atoms with Crippen molar-refractivity contribution in [3.8, 4) is 5.75 Å². The van der Waals surface area contributed by atoms with Gasteiger partial charge in [0, 0.05) is 23.4 Å². The lowest BCUT2D eigenvalue weighted by Gasteiger charge is -2.25. The van der Waals surface area contributed by atoms with Crippen LogP contribution in [0.1, 0.15) is 43.7 Å². The number of ether oxygens (including phenoxy) is 2. The predicted molar refractivity (Wildman–Crippen MR) is 84.0 cm³/mol. The van der Waals surface area contributed by atoms with Crippen molar-refractivity contribution in [1.29, 1.82) is 0 Å². The van der Waals surface area contributed by atoms with E-state index in [9.17, 15) is 0 Å². The van der Waals surface area contributed by atoms with Crippen molar-refractivity contribution in [3.63, 3.8) is 0 Å². The van der Waals surface area contributed by atoms with E-state index in [4.69, 9.17) is 15.2 Å². The van der Waals surface area contributed by atoms with Gasteiger partial charge in [-0.15, -0.1) is 0 Å². The largest absolute Gasteiger partial charge is 0.467 e. The van der Waals surface area contributed by atoms with Crippen molar-refractivity contribution in [3.05, 3.63) is 23.3 Å². The highest BCUT2D eigenvalue weighted by atomic mass is 16.7. The van der Waals surface area contributed by atoms with Gasteiger partial charge in [-0.1, -0.05) is 13.3 Å². The molecule has 0 bridgehead atoms. The first-order valence-electron chi connectivity index (χ1n) is 8.10. The Bertz CT molecular complexity index is 490. The van der Waals surface area contributed by atoms with Crippen LogP contribution in [-0.4, -0.2) is 24.8 Å². The second kappa shape index (κ2) is 6.67. The first kappa shape index (κ1) is 14.7. The van der Waals surface area contributed by atoms with Crippen molar-refractivity contribution in [2.75, 3.05) is 25.6 Å². The van der Waals surface area contributed by atoms with Crippen LogP contribution in [0, 0.1) is 5.92 Å². The van der Waals surface area contributed by atoms with Crippen LogP contribution in [0.4, 0.5) is 5.69 Å². The lowest BCUT2D eigenvalue weighted by atomic mass is 9.98. The molecule has 1 saturated heterocycles. The highest BCUT2D eigenvalue weighted by molar-refractivity contribution is 5.53. The van der Waals surface area contributed by atoms with E-state index < -0.39 is 0 Å². The molecule has 1 aromatic rings. The number of likely N-dealkylation sites (tertiary alicyclic amines) is 1. The van der Waals surface area contributed by atoms with Crippen LogP contribution < -0.4 is 10.5 Å². The number of rotatable bonds is 3. The molecule has 0 spiro atoms. The van der Waals surface area contributed by atoms with Crippen LogP contribution in [0.5, 0.6) is 5.75 Å². The third kappa shape index (κ3) is 3.50. The summed E-state index contributed by atoms with van der Waals surface area (Å²) in [5.74, 6) is 1.89. The van der Waals surface area contributed by atoms with Crippen LogP contribution in [0.25, 0.3) is 0 Å². The van der Waals surface area contributed by atoms with Crippen molar-refractivity contribution >= 4 is 5.69 Å². The molecule has 3 rings (SSSR count). The van der Waals surface area contributed by atoms with Gasteiger partial charge < -0.3 is 15.2 Å². The molecule has 2 aliphatic heterocycles. The summed E-state index contributed by atoms with van der Waals surface area (Å²) in [5, 5.41) is 0. The first-order valence-corrected chi connectivity index (χ1v) is 8.10. The topological polar surface area (TPSA) is 47.7 Å². The van der Waals surface area contributed by atoms with E-state index in [1.54, 1.807) is 0 Å². The Balaban J connectivity index is 1.74. The molecule has 0 amide bonds. The number of nitrogens with zero attached hydrogens (tertiary/aromatic N) is 1. The molecule has 4 nitrogen and oxygen atoms in total. The van der Waals surface area contributed by atoms with Gasteiger partial charge in [0.2, 0.25) is 0 Å². The number of fused-ring (bicyclic) bond motifs is 1. The zero-order valence-corrected chi connectivity index (χ0v) is 12.9. The summed E-state index contributed by atoms with van der Waals surface area (Å²) >= 11 is 0. The number of nitrogen functional groups attached to an aromatic ring is 1. The maximum absolute atomic E-state index is 6.03. The van der Waals surface area contributed by atoms with E-state index in [1.165, 1.54) is 44.3 Å². The molecule has 116 valence electrons. The van der Waals surface area contributed by atoms with E-state index in [1.807, 2.05) is 6.07 Å². The number of hydrogen-bond donors (Lipinski definition) is 1. The van der Waals surface area contributed by atoms with Gasteiger partial charge in [-0.3, -0.25) is 4.90 Å². The molecule has 1 aromatic carbocycles. The zero-order valence-electron chi connectivity index (χ0n) is 12.9. The van der Waals surface area contributed by atoms with Crippen molar-refractivity contribution in [1.82, 2.24) is 4.90 Å².